The van der Waals surface area contributed by atoms with E-state index in [1.807, 2.05) is 51.1 Å². The number of carbonyl (C=O) groups excluding carboxylic acids is 2. The molecule has 1 N–H and O–H groups in total. The van der Waals surface area contributed by atoms with E-state index in [2.05, 4.69) is 10.3 Å². The van der Waals surface area contributed by atoms with Crippen LogP contribution in [0.2, 0.25) is 0 Å². The maximum absolute atomic E-state index is 11.8. The maximum Gasteiger partial charge on any atom is 0.316 e. The van der Waals surface area contributed by atoms with Gasteiger partial charge in [-0.2, -0.15) is 0 Å². The molecule has 0 atom stereocenters. The van der Waals surface area contributed by atoms with Crippen molar-refractivity contribution < 1.29 is 14.3 Å². The quantitative estimate of drug-likeness (QED) is 0.617. The fourth-order valence-corrected chi connectivity index (χ4v) is 2.85. The Labute approximate surface area is 146 Å². The summed E-state index contributed by atoms with van der Waals surface area (Å²) in [6.45, 7) is 6.36. The van der Waals surface area contributed by atoms with Crippen molar-refractivity contribution >= 4 is 34.5 Å². The van der Waals surface area contributed by atoms with Crippen LogP contribution in [0.4, 0.5) is 0 Å². The van der Waals surface area contributed by atoms with Crippen molar-refractivity contribution in [3.63, 3.8) is 0 Å². The van der Waals surface area contributed by atoms with E-state index in [1.165, 1.54) is 11.8 Å². The minimum atomic E-state index is -0.424. The third-order valence-corrected chi connectivity index (χ3v) is 4.19. The highest BCUT2D eigenvalue weighted by atomic mass is 32.2. The number of hydrogen-bond donors (Lipinski definition) is 1. The van der Waals surface area contributed by atoms with Crippen molar-refractivity contribution in [2.75, 3.05) is 18.9 Å². The maximum atomic E-state index is 11.8. The normalized spacial score (nSPS) is 10.8. The van der Waals surface area contributed by atoms with Crippen molar-refractivity contribution in [3.05, 3.63) is 35.9 Å². The number of nitrogens with zero attached hydrogens (tertiary/aromatic N) is 1. The predicted octanol–water partition coefficient (Wildman–Crippen LogP) is 2.95. The number of amides is 1. The molecule has 0 spiro atoms. The zero-order chi connectivity index (χ0) is 17.5. The Morgan fingerprint density at radius 2 is 2.04 bits per heavy atom. The van der Waals surface area contributed by atoms with Crippen molar-refractivity contribution in [3.8, 4) is 0 Å². The van der Waals surface area contributed by atoms with E-state index in [0.717, 1.165) is 21.5 Å². The first-order valence-corrected chi connectivity index (χ1v) is 8.85. The van der Waals surface area contributed by atoms with Gasteiger partial charge in [-0.05, 0) is 30.5 Å². The van der Waals surface area contributed by atoms with Crippen LogP contribution in [0.3, 0.4) is 0 Å². The standard InChI is InChI=1S/C18H22N2O3S/c1-12(2)9-19-16(21)10-23-18(22)11-24-17-8-13(3)14-6-4-5-7-15(14)20-17/h4-8,12H,9-11H2,1-3H3,(H,19,21). The number of ether oxygens (including phenoxy) is 1. The molecule has 0 unspecified atom stereocenters. The van der Waals surface area contributed by atoms with E-state index in [1.54, 1.807) is 0 Å². The molecule has 6 heteroatoms. The van der Waals surface area contributed by atoms with E-state index in [9.17, 15) is 9.59 Å². The molecule has 0 saturated heterocycles. The van der Waals surface area contributed by atoms with Crippen LogP contribution in [-0.2, 0) is 14.3 Å². The molecule has 1 amide bonds. The summed E-state index contributed by atoms with van der Waals surface area (Å²) in [6, 6.07) is 9.84. The molecule has 1 heterocycles. The zero-order valence-electron chi connectivity index (χ0n) is 14.2. The number of rotatable bonds is 7. The van der Waals surface area contributed by atoms with Gasteiger partial charge in [-0.1, -0.05) is 43.8 Å². The van der Waals surface area contributed by atoms with Crippen molar-refractivity contribution in [2.45, 2.75) is 25.8 Å². The van der Waals surface area contributed by atoms with E-state index in [0.29, 0.717) is 12.5 Å². The summed E-state index contributed by atoms with van der Waals surface area (Å²) in [5.74, 6) is -0.209. The monoisotopic (exact) mass is 346 g/mol. The van der Waals surface area contributed by atoms with Gasteiger partial charge in [-0.3, -0.25) is 9.59 Å². The minimum absolute atomic E-state index is 0.127. The van der Waals surface area contributed by atoms with E-state index < -0.39 is 5.97 Å². The molecule has 0 radical (unpaired) electrons. The van der Waals surface area contributed by atoms with Crippen LogP contribution in [0.25, 0.3) is 10.9 Å². The number of fused-ring (bicyclic) bond motifs is 1. The van der Waals surface area contributed by atoms with Gasteiger partial charge in [0.1, 0.15) is 0 Å². The number of hydrogen-bond acceptors (Lipinski definition) is 5. The van der Waals surface area contributed by atoms with Gasteiger partial charge in [0, 0.05) is 11.9 Å². The lowest BCUT2D eigenvalue weighted by atomic mass is 10.1. The lowest BCUT2D eigenvalue weighted by Gasteiger charge is -2.08. The second-order valence-corrected chi connectivity index (χ2v) is 6.94. The number of aromatic nitrogens is 1. The summed E-state index contributed by atoms with van der Waals surface area (Å²) < 4.78 is 4.98. The average molecular weight is 346 g/mol. The molecule has 128 valence electrons. The number of para-hydroxylation sites is 1. The second-order valence-electron chi connectivity index (χ2n) is 5.94. The highest BCUT2D eigenvalue weighted by Gasteiger charge is 2.10. The minimum Gasteiger partial charge on any atom is -0.455 e. The number of nitrogens with one attached hydrogen (secondary N) is 1. The molecule has 24 heavy (non-hydrogen) atoms. The van der Waals surface area contributed by atoms with E-state index >= 15 is 0 Å². The first-order chi connectivity index (χ1) is 11.5. The first kappa shape index (κ1) is 18.3. The summed E-state index contributed by atoms with van der Waals surface area (Å²) in [7, 11) is 0. The fraction of sp³-hybridized carbons (Fsp3) is 0.389. The van der Waals surface area contributed by atoms with Gasteiger partial charge < -0.3 is 10.1 Å². The van der Waals surface area contributed by atoms with Gasteiger partial charge in [0.15, 0.2) is 6.61 Å². The molecule has 2 aromatic rings. The molecular formula is C18H22N2O3S. The Balaban J connectivity index is 1.82. The van der Waals surface area contributed by atoms with Gasteiger partial charge in [0.05, 0.1) is 16.3 Å². The molecule has 2 rings (SSSR count). The van der Waals surface area contributed by atoms with Crippen molar-refractivity contribution in [1.29, 1.82) is 0 Å². The van der Waals surface area contributed by atoms with E-state index in [-0.39, 0.29) is 18.3 Å². The molecule has 0 aliphatic heterocycles. The summed E-state index contributed by atoms with van der Waals surface area (Å²) in [6.07, 6.45) is 0. The van der Waals surface area contributed by atoms with Crippen LogP contribution in [0.15, 0.2) is 35.4 Å². The van der Waals surface area contributed by atoms with Crippen molar-refractivity contribution in [2.24, 2.45) is 5.92 Å². The average Bonchev–Trinajstić information content (AvgIpc) is 2.56. The predicted molar refractivity (Wildman–Crippen MR) is 96.0 cm³/mol. The highest BCUT2D eigenvalue weighted by Crippen LogP contribution is 2.23. The van der Waals surface area contributed by atoms with Crippen LogP contribution in [0.1, 0.15) is 19.4 Å². The molecule has 0 fully saturated rings. The fourth-order valence-electron chi connectivity index (χ4n) is 2.08. The molecule has 5 nitrogen and oxygen atoms in total. The molecule has 1 aromatic heterocycles. The molecule has 0 aliphatic carbocycles. The van der Waals surface area contributed by atoms with Gasteiger partial charge in [-0.15, -0.1) is 0 Å². The molecule has 0 bridgehead atoms. The lowest BCUT2D eigenvalue weighted by molar-refractivity contribution is -0.145. The third kappa shape index (κ3) is 5.53. The Kier molecular flexibility index (Phi) is 6.61. The third-order valence-electron chi connectivity index (χ3n) is 3.31. The lowest BCUT2D eigenvalue weighted by Crippen LogP contribution is -2.31. The van der Waals surface area contributed by atoms with Crippen LogP contribution >= 0.6 is 11.8 Å². The first-order valence-electron chi connectivity index (χ1n) is 7.87. The summed E-state index contributed by atoms with van der Waals surface area (Å²) in [5, 5.41) is 4.58. The Morgan fingerprint density at radius 1 is 1.29 bits per heavy atom. The number of aryl methyl sites for hydroxylation is 1. The van der Waals surface area contributed by atoms with Gasteiger partial charge in [0.25, 0.3) is 5.91 Å². The number of benzene rings is 1. The zero-order valence-corrected chi connectivity index (χ0v) is 15.0. The van der Waals surface area contributed by atoms with Gasteiger partial charge in [0.2, 0.25) is 0 Å². The Hall–Kier alpha value is -2.08. The molecule has 1 aromatic carbocycles. The largest absolute Gasteiger partial charge is 0.455 e. The Bertz CT molecular complexity index is 731. The van der Waals surface area contributed by atoms with Crippen LogP contribution in [-0.4, -0.2) is 35.8 Å². The van der Waals surface area contributed by atoms with Crippen LogP contribution in [0.5, 0.6) is 0 Å². The number of thioether (sulfide) groups is 1. The van der Waals surface area contributed by atoms with Gasteiger partial charge >= 0.3 is 5.97 Å². The number of pyridine rings is 1. The number of carbonyl (C=O) groups is 2. The molecule has 0 aliphatic rings. The molecule has 0 saturated carbocycles. The SMILES string of the molecule is Cc1cc(SCC(=O)OCC(=O)NCC(C)C)nc2ccccc12. The summed E-state index contributed by atoms with van der Waals surface area (Å²) >= 11 is 1.31. The molecular weight excluding hydrogens is 324 g/mol. The van der Waals surface area contributed by atoms with Crippen LogP contribution < -0.4 is 5.32 Å². The highest BCUT2D eigenvalue weighted by molar-refractivity contribution is 7.99. The van der Waals surface area contributed by atoms with Crippen molar-refractivity contribution in [1.82, 2.24) is 10.3 Å². The van der Waals surface area contributed by atoms with E-state index in [4.69, 9.17) is 4.74 Å². The summed E-state index contributed by atoms with van der Waals surface area (Å²) in [4.78, 5) is 27.8. The topological polar surface area (TPSA) is 68.3 Å². The number of esters is 1. The Morgan fingerprint density at radius 3 is 2.79 bits per heavy atom. The second kappa shape index (κ2) is 8.68. The summed E-state index contributed by atoms with van der Waals surface area (Å²) in [5.41, 5.74) is 2.02. The van der Waals surface area contributed by atoms with Crippen LogP contribution in [0, 0.1) is 12.8 Å². The van der Waals surface area contributed by atoms with Gasteiger partial charge in [-0.25, -0.2) is 4.98 Å². The smallest absolute Gasteiger partial charge is 0.316 e.